The zero-order valence-electron chi connectivity index (χ0n) is 17.8. The first-order valence-electron chi connectivity index (χ1n) is 10.5. The summed E-state index contributed by atoms with van der Waals surface area (Å²) in [5.74, 6) is 5.19. The number of benzene rings is 4. The molecule has 0 saturated heterocycles. The third kappa shape index (κ3) is 4.37. The van der Waals surface area contributed by atoms with E-state index >= 15 is 0 Å². The van der Waals surface area contributed by atoms with Crippen LogP contribution in [0.4, 0.5) is 14.6 Å². The number of aromatic nitrogens is 2. The van der Waals surface area contributed by atoms with Crippen molar-refractivity contribution in [1.29, 1.82) is 0 Å². The minimum Gasteiger partial charge on any atom is -0.363 e. The van der Waals surface area contributed by atoms with Gasteiger partial charge in [0.1, 0.15) is 23.8 Å². The summed E-state index contributed by atoms with van der Waals surface area (Å²) in [4.78, 5) is 8.82. The second-order valence-electron chi connectivity index (χ2n) is 7.80. The van der Waals surface area contributed by atoms with Crippen molar-refractivity contribution >= 4 is 27.5 Å². The molecule has 0 spiro atoms. The summed E-state index contributed by atoms with van der Waals surface area (Å²) in [6, 6.07) is 23.4. The largest absolute Gasteiger partial charge is 0.363 e. The molecule has 33 heavy (non-hydrogen) atoms. The van der Waals surface area contributed by atoms with Gasteiger partial charge in [-0.2, -0.15) is 0 Å². The lowest BCUT2D eigenvalue weighted by Crippen LogP contribution is -2.09. The molecule has 1 heterocycles. The molecule has 0 aliphatic heterocycles. The minimum absolute atomic E-state index is 0.000732. The molecule has 3 nitrogen and oxygen atoms in total. The molecule has 5 aromatic rings. The highest BCUT2D eigenvalue weighted by Gasteiger charge is 2.12. The maximum atomic E-state index is 13.4. The summed E-state index contributed by atoms with van der Waals surface area (Å²) in [5, 5.41) is 6.70. The standard InChI is InChI=1S/C28H19F2N3/c1-18(24-8-4-6-21-5-2-3-7-25(21)24)33-28-26-15-19(11-12-27(26)31-17-32-28)9-10-20-13-22(29)16-23(30)14-20/h2-8,11-18H,1H3,(H,31,32,33). The lowest BCUT2D eigenvalue weighted by atomic mass is 9.99. The number of nitrogens with zero attached hydrogens (tertiary/aromatic N) is 2. The highest BCUT2D eigenvalue weighted by Crippen LogP contribution is 2.29. The third-order valence-corrected chi connectivity index (χ3v) is 5.49. The Bertz CT molecular complexity index is 1520. The molecule has 0 aliphatic carbocycles. The fourth-order valence-electron chi connectivity index (χ4n) is 3.93. The summed E-state index contributed by atoms with van der Waals surface area (Å²) < 4.78 is 26.9. The number of hydrogen-bond donors (Lipinski definition) is 1. The van der Waals surface area contributed by atoms with Gasteiger partial charge < -0.3 is 5.32 Å². The molecule has 0 aliphatic rings. The monoisotopic (exact) mass is 435 g/mol. The number of rotatable bonds is 3. The van der Waals surface area contributed by atoms with Crippen LogP contribution in [0.3, 0.4) is 0 Å². The van der Waals surface area contributed by atoms with E-state index in [9.17, 15) is 8.78 Å². The zero-order chi connectivity index (χ0) is 22.8. The molecule has 5 rings (SSSR count). The molecule has 0 saturated carbocycles. The molecule has 1 atom stereocenters. The molecule has 5 heteroatoms. The molecular formula is C28H19F2N3. The SMILES string of the molecule is CC(Nc1ncnc2ccc(C#Cc3cc(F)cc(F)c3)cc12)c1cccc2ccccc12. The number of halogens is 2. The quantitative estimate of drug-likeness (QED) is 0.323. The lowest BCUT2D eigenvalue weighted by molar-refractivity contribution is 0.582. The number of hydrogen-bond acceptors (Lipinski definition) is 3. The van der Waals surface area contributed by atoms with Crippen LogP contribution in [0.15, 0.2) is 85.2 Å². The van der Waals surface area contributed by atoms with Crippen molar-refractivity contribution in [2.75, 3.05) is 5.32 Å². The molecule has 1 unspecified atom stereocenters. The van der Waals surface area contributed by atoms with Gasteiger partial charge in [-0.15, -0.1) is 0 Å². The predicted molar refractivity (Wildman–Crippen MR) is 128 cm³/mol. The Hall–Kier alpha value is -4.30. The van der Waals surface area contributed by atoms with E-state index in [4.69, 9.17) is 0 Å². The summed E-state index contributed by atoms with van der Waals surface area (Å²) in [5.41, 5.74) is 2.92. The second-order valence-corrected chi connectivity index (χ2v) is 7.80. The van der Waals surface area contributed by atoms with Gasteiger partial charge in [0.15, 0.2) is 0 Å². The highest BCUT2D eigenvalue weighted by molar-refractivity contribution is 5.91. The number of anilines is 1. The van der Waals surface area contributed by atoms with Crippen LogP contribution in [0.25, 0.3) is 21.7 Å². The van der Waals surface area contributed by atoms with E-state index in [0.717, 1.165) is 17.0 Å². The second kappa shape index (κ2) is 8.68. The van der Waals surface area contributed by atoms with Gasteiger partial charge in [-0.3, -0.25) is 0 Å². The van der Waals surface area contributed by atoms with Crippen LogP contribution in [0.5, 0.6) is 0 Å². The Morgan fingerprint density at radius 1 is 0.758 bits per heavy atom. The third-order valence-electron chi connectivity index (χ3n) is 5.49. The van der Waals surface area contributed by atoms with Gasteiger partial charge in [0.25, 0.3) is 0 Å². The van der Waals surface area contributed by atoms with Crippen LogP contribution >= 0.6 is 0 Å². The fraction of sp³-hybridized carbons (Fsp3) is 0.0714. The van der Waals surface area contributed by atoms with Gasteiger partial charge in [0.2, 0.25) is 0 Å². The Labute approximate surface area is 190 Å². The van der Waals surface area contributed by atoms with E-state index in [1.165, 1.54) is 34.8 Å². The summed E-state index contributed by atoms with van der Waals surface area (Å²) in [7, 11) is 0. The Balaban J connectivity index is 1.49. The van der Waals surface area contributed by atoms with Gasteiger partial charge in [0.05, 0.1) is 11.6 Å². The summed E-state index contributed by atoms with van der Waals surface area (Å²) >= 11 is 0. The lowest BCUT2D eigenvalue weighted by Gasteiger charge is -2.18. The molecule has 1 aromatic heterocycles. The van der Waals surface area contributed by atoms with Crippen LogP contribution in [0, 0.1) is 23.5 Å². The fourth-order valence-corrected chi connectivity index (χ4v) is 3.93. The van der Waals surface area contributed by atoms with Gasteiger partial charge in [-0.05, 0) is 53.6 Å². The summed E-state index contributed by atoms with van der Waals surface area (Å²) in [6.07, 6.45) is 1.53. The number of nitrogens with one attached hydrogen (secondary N) is 1. The van der Waals surface area contributed by atoms with Crippen LogP contribution in [-0.2, 0) is 0 Å². The van der Waals surface area contributed by atoms with E-state index < -0.39 is 11.6 Å². The van der Waals surface area contributed by atoms with Crippen molar-refractivity contribution in [3.05, 3.63) is 114 Å². The van der Waals surface area contributed by atoms with Crippen molar-refractivity contribution in [2.45, 2.75) is 13.0 Å². The molecular weight excluding hydrogens is 416 g/mol. The van der Waals surface area contributed by atoms with Crippen molar-refractivity contribution in [1.82, 2.24) is 9.97 Å². The van der Waals surface area contributed by atoms with Crippen molar-refractivity contribution < 1.29 is 8.78 Å². The van der Waals surface area contributed by atoms with E-state index in [1.54, 1.807) is 0 Å². The van der Waals surface area contributed by atoms with Crippen molar-refractivity contribution in [2.24, 2.45) is 0 Å². The average Bonchev–Trinajstić information content (AvgIpc) is 2.82. The maximum absolute atomic E-state index is 13.4. The smallest absolute Gasteiger partial charge is 0.137 e. The molecule has 1 N–H and O–H groups in total. The van der Waals surface area contributed by atoms with E-state index in [2.05, 4.69) is 64.4 Å². The van der Waals surface area contributed by atoms with Crippen LogP contribution in [-0.4, -0.2) is 9.97 Å². The molecule has 160 valence electrons. The Kier molecular flexibility index (Phi) is 5.42. The van der Waals surface area contributed by atoms with Crippen molar-refractivity contribution in [3.8, 4) is 11.8 Å². The first-order chi connectivity index (χ1) is 16.1. The van der Waals surface area contributed by atoms with E-state index in [0.29, 0.717) is 11.4 Å². The summed E-state index contributed by atoms with van der Waals surface area (Å²) in [6.45, 7) is 2.10. The van der Waals surface area contributed by atoms with Crippen molar-refractivity contribution in [3.63, 3.8) is 0 Å². The van der Waals surface area contributed by atoms with E-state index in [-0.39, 0.29) is 11.6 Å². The van der Waals surface area contributed by atoms with Crippen LogP contribution in [0.1, 0.15) is 29.7 Å². The van der Waals surface area contributed by atoms with E-state index in [1.807, 2.05) is 30.3 Å². The average molecular weight is 435 g/mol. The zero-order valence-corrected chi connectivity index (χ0v) is 17.8. The van der Waals surface area contributed by atoms with Gasteiger partial charge in [-0.25, -0.2) is 18.7 Å². The molecule has 0 bridgehead atoms. The topological polar surface area (TPSA) is 37.8 Å². The van der Waals surface area contributed by atoms with Gasteiger partial charge >= 0.3 is 0 Å². The normalized spacial score (nSPS) is 11.7. The first-order valence-corrected chi connectivity index (χ1v) is 10.5. The van der Waals surface area contributed by atoms with Gasteiger partial charge in [0, 0.05) is 22.6 Å². The van der Waals surface area contributed by atoms with Crippen LogP contribution < -0.4 is 5.32 Å². The Morgan fingerprint density at radius 3 is 2.36 bits per heavy atom. The highest BCUT2D eigenvalue weighted by atomic mass is 19.1. The molecule has 0 fully saturated rings. The van der Waals surface area contributed by atoms with Gasteiger partial charge in [-0.1, -0.05) is 54.3 Å². The first kappa shape index (κ1) is 20.6. The van der Waals surface area contributed by atoms with Crippen LogP contribution in [0.2, 0.25) is 0 Å². The molecule has 4 aromatic carbocycles. The number of fused-ring (bicyclic) bond motifs is 2. The molecule has 0 radical (unpaired) electrons. The Morgan fingerprint density at radius 2 is 1.52 bits per heavy atom. The molecule has 0 amide bonds. The minimum atomic E-state index is -0.653. The predicted octanol–water partition coefficient (Wildman–Crippen LogP) is 6.63. The maximum Gasteiger partial charge on any atom is 0.137 e.